The number of ether oxygens (including phenoxy) is 2. The molecule has 3 aromatic rings. The van der Waals surface area contributed by atoms with E-state index in [0.717, 1.165) is 28.4 Å². The molecule has 1 aliphatic heterocycles. The first-order chi connectivity index (χ1) is 11.3. The fraction of sp³-hybridized carbons (Fsp3) is 0.158. The minimum absolute atomic E-state index is 0.0285. The quantitative estimate of drug-likeness (QED) is 0.794. The summed E-state index contributed by atoms with van der Waals surface area (Å²) in [5, 5.41) is 3.63. The van der Waals surface area contributed by atoms with Crippen LogP contribution in [0.25, 0.3) is 5.69 Å². The van der Waals surface area contributed by atoms with E-state index >= 15 is 0 Å². The zero-order chi connectivity index (χ0) is 15.8. The summed E-state index contributed by atoms with van der Waals surface area (Å²) in [6.45, 7) is 0. The van der Waals surface area contributed by atoms with Crippen LogP contribution in [0.3, 0.4) is 0 Å². The molecule has 1 unspecified atom stereocenters. The fourth-order valence-electron chi connectivity index (χ4n) is 3.18. The Morgan fingerprint density at radius 2 is 1.83 bits per heavy atom. The molecule has 1 atom stereocenters. The van der Waals surface area contributed by atoms with Gasteiger partial charge in [0, 0.05) is 23.5 Å². The van der Waals surface area contributed by atoms with Crippen molar-refractivity contribution in [3.05, 3.63) is 72.1 Å². The van der Waals surface area contributed by atoms with Gasteiger partial charge in [0.2, 0.25) is 0 Å². The van der Waals surface area contributed by atoms with E-state index in [1.54, 1.807) is 14.2 Å². The number of aromatic nitrogens is 1. The maximum Gasteiger partial charge on any atom is 0.128 e. The van der Waals surface area contributed by atoms with Gasteiger partial charge in [-0.1, -0.05) is 12.1 Å². The van der Waals surface area contributed by atoms with Crippen molar-refractivity contribution in [2.45, 2.75) is 6.04 Å². The molecule has 4 nitrogen and oxygen atoms in total. The molecule has 0 fully saturated rings. The Balaban J connectivity index is 1.86. The van der Waals surface area contributed by atoms with Crippen LogP contribution in [-0.4, -0.2) is 18.8 Å². The first-order valence-corrected chi connectivity index (χ1v) is 7.57. The Morgan fingerprint density at radius 1 is 0.957 bits per heavy atom. The lowest BCUT2D eigenvalue weighted by molar-refractivity contribution is 0.390. The lowest BCUT2D eigenvalue weighted by Gasteiger charge is -2.30. The van der Waals surface area contributed by atoms with Crippen LogP contribution in [-0.2, 0) is 0 Å². The molecule has 0 radical (unpaired) electrons. The van der Waals surface area contributed by atoms with Crippen LogP contribution in [0.15, 0.2) is 60.8 Å². The van der Waals surface area contributed by atoms with E-state index in [4.69, 9.17) is 9.47 Å². The van der Waals surface area contributed by atoms with E-state index in [0.29, 0.717) is 0 Å². The van der Waals surface area contributed by atoms with Crippen LogP contribution in [0.2, 0.25) is 0 Å². The number of fused-ring (bicyclic) bond motifs is 3. The van der Waals surface area contributed by atoms with Gasteiger partial charge < -0.3 is 19.4 Å². The average molecular weight is 306 g/mol. The lowest BCUT2D eigenvalue weighted by atomic mass is 9.99. The number of nitrogens with zero attached hydrogens (tertiary/aromatic N) is 1. The lowest BCUT2D eigenvalue weighted by Crippen LogP contribution is -2.22. The van der Waals surface area contributed by atoms with Gasteiger partial charge in [-0.2, -0.15) is 0 Å². The monoisotopic (exact) mass is 306 g/mol. The number of nitrogens with one attached hydrogen (secondary N) is 1. The second kappa shape index (κ2) is 5.39. The number of methoxy groups -OCH3 is 2. The van der Waals surface area contributed by atoms with Crippen LogP contribution < -0.4 is 14.8 Å². The zero-order valence-corrected chi connectivity index (χ0v) is 13.1. The summed E-state index contributed by atoms with van der Waals surface area (Å²) in [5.74, 6) is 1.60. The molecule has 4 rings (SSSR count). The van der Waals surface area contributed by atoms with Gasteiger partial charge in [-0.05, 0) is 36.4 Å². The molecule has 0 aliphatic carbocycles. The number of hydrogen-bond acceptors (Lipinski definition) is 3. The highest BCUT2D eigenvalue weighted by molar-refractivity contribution is 5.67. The van der Waals surface area contributed by atoms with Crippen molar-refractivity contribution in [2.75, 3.05) is 19.5 Å². The standard InChI is InChI=1S/C19H18N2O2/c1-22-13-9-10-14(18(12-13)23-2)19-17-8-5-11-21(17)16-7-4-3-6-15(16)20-19/h3-12,19-20H,1-2H3. The zero-order valence-electron chi connectivity index (χ0n) is 13.1. The van der Waals surface area contributed by atoms with Crippen molar-refractivity contribution in [3.63, 3.8) is 0 Å². The van der Waals surface area contributed by atoms with E-state index < -0.39 is 0 Å². The minimum Gasteiger partial charge on any atom is -0.497 e. The molecule has 0 bridgehead atoms. The summed E-state index contributed by atoms with van der Waals surface area (Å²) in [4.78, 5) is 0. The highest BCUT2D eigenvalue weighted by Crippen LogP contribution is 2.40. The van der Waals surface area contributed by atoms with Crippen LogP contribution >= 0.6 is 0 Å². The number of hydrogen-bond donors (Lipinski definition) is 1. The molecule has 23 heavy (non-hydrogen) atoms. The van der Waals surface area contributed by atoms with Crippen LogP contribution in [0.1, 0.15) is 17.3 Å². The molecule has 2 aromatic carbocycles. The topological polar surface area (TPSA) is 35.4 Å². The Morgan fingerprint density at radius 3 is 2.65 bits per heavy atom. The molecule has 0 saturated carbocycles. The highest BCUT2D eigenvalue weighted by atomic mass is 16.5. The SMILES string of the molecule is COc1ccc(C2Nc3ccccc3-n3cccc32)c(OC)c1. The summed E-state index contributed by atoms with van der Waals surface area (Å²) >= 11 is 0. The molecule has 1 aliphatic rings. The van der Waals surface area contributed by atoms with Gasteiger partial charge in [-0.3, -0.25) is 0 Å². The van der Waals surface area contributed by atoms with Gasteiger partial charge in [0.15, 0.2) is 0 Å². The van der Waals surface area contributed by atoms with Crippen molar-refractivity contribution in [1.29, 1.82) is 0 Å². The maximum absolute atomic E-state index is 5.59. The van der Waals surface area contributed by atoms with E-state index in [1.165, 1.54) is 5.69 Å². The maximum atomic E-state index is 5.59. The Hall–Kier alpha value is -2.88. The number of rotatable bonds is 3. The number of benzene rings is 2. The smallest absolute Gasteiger partial charge is 0.128 e. The summed E-state index contributed by atoms with van der Waals surface area (Å²) in [6, 6.07) is 18.5. The van der Waals surface area contributed by atoms with E-state index in [9.17, 15) is 0 Å². The molecule has 0 saturated heterocycles. The van der Waals surface area contributed by atoms with Gasteiger partial charge in [-0.25, -0.2) is 0 Å². The highest BCUT2D eigenvalue weighted by Gasteiger charge is 2.27. The van der Waals surface area contributed by atoms with Gasteiger partial charge in [0.1, 0.15) is 11.5 Å². The van der Waals surface area contributed by atoms with Crippen LogP contribution in [0, 0.1) is 0 Å². The number of para-hydroxylation sites is 2. The van der Waals surface area contributed by atoms with Crippen molar-refractivity contribution in [3.8, 4) is 17.2 Å². The van der Waals surface area contributed by atoms with E-state index in [1.807, 2.05) is 18.2 Å². The van der Waals surface area contributed by atoms with Crippen molar-refractivity contribution in [2.24, 2.45) is 0 Å². The minimum atomic E-state index is 0.0285. The predicted octanol–water partition coefficient (Wildman–Crippen LogP) is 4.01. The number of anilines is 1. The third-order valence-corrected chi connectivity index (χ3v) is 4.29. The molecule has 4 heteroatoms. The van der Waals surface area contributed by atoms with Crippen molar-refractivity contribution in [1.82, 2.24) is 4.57 Å². The normalized spacial score (nSPS) is 15.3. The third kappa shape index (κ3) is 2.14. The Labute approximate surface area is 135 Å². The van der Waals surface area contributed by atoms with Crippen molar-refractivity contribution < 1.29 is 9.47 Å². The summed E-state index contributed by atoms with van der Waals surface area (Å²) in [7, 11) is 3.35. The third-order valence-electron chi connectivity index (χ3n) is 4.29. The molecule has 2 heterocycles. The fourth-order valence-corrected chi connectivity index (χ4v) is 3.18. The largest absolute Gasteiger partial charge is 0.497 e. The average Bonchev–Trinajstić information content (AvgIpc) is 3.10. The second-order valence-corrected chi connectivity index (χ2v) is 5.51. The van der Waals surface area contributed by atoms with Gasteiger partial charge in [0.25, 0.3) is 0 Å². The first kappa shape index (κ1) is 13.8. The molecule has 1 aromatic heterocycles. The summed E-state index contributed by atoms with van der Waals surface area (Å²) < 4.78 is 13.1. The molecule has 1 N–H and O–H groups in total. The predicted molar refractivity (Wildman–Crippen MR) is 90.8 cm³/mol. The van der Waals surface area contributed by atoms with Crippen molar-refractivity contribution >= 4 is 5.69 Å². The van der Waals surface area contributed by atoms with Crippen LogP contribution in [0.4, 0.5) is 5.69 Å². The molecular weight excluding hydrogens is 288 g/mol. The second-order valence-electron chi connectivity index (χ2n) is 5.51. The van der Waals surface area contributed by atoms with Crippen LogP contribution in [0.5, 0.6) is 11.5 Å². The summed E-state index contributed by atoms with van der Waals surface area (Å²) in [5.41, 5.74) is 4.55. The van der Waals surface area contributed by atoms with Gasteiger partial charge >= 0.3 is 0 Å². The molecule has 0 amide bonds. The summed E-state index contributed by atoms with van der Waals surface area (Å²) in [6.07, 6.45) is 2.10. The molecule has 0 spiro atoms. The molecular formula is C19H18N2O2. The van der Waals surface area contributed by atoms with E-state index in [2.05, 4.69) is 52.5 Å². The Kier molecular flexibility index (Phi) is 3.23. The van der Waals surface area contributed by atoms with Gasteiger partial charge in [-0.15, -0.1) is 0 Å². The van der Waals surface area contributed by atoms with E-state index in [-0.39, 0.29) is 6.04 Å². The van der Waals surface area contributed by atoms with Gasteiger partial charge in [0.05, 0.1) is 31.6 Å². The first-order valence-electron chi connectivity index (χ1n) is 7.57. The Bertz CT molecular complexity index is 854. The molecule has 116 valence electrons.